The van der Waals surface area contributed by atoms with Crippen LogP contribution in [0.5, 0.6) is 0 Å². The minimum Gasteiger partial charge on any atom is -0.397 e. The maximum absolute atomic E-state index is 5.93. The summed E-state index contributed by atoms with van der Waals surface area (Å²) in [7, 11) is 2.01. The third kappa shape index (κ3) is 2.97. The topological polar surface area (TPSA) is 42.2 Å². The number of para-hydroxylation sites is 2. The van der Waals surface area contributed by atoms with E-state index in [1.54, 1.807) is 6.20 Å². The molecule has 0 spiro atoms. The zero-order chi connectivity index (χ0) is 12.3. The van der Waals surface area contributed by atoms with Crippen LogP contribution in [-0.2, 0) is 6.54 Å². The molecule has 2 aromatic rings. The highest BCUT2D eigenvalue weighted by molar-refractivity contribution is 9.10. The predicted molar refractivity (Wildman–Crippen MR) is 74.9 cm³/mol. The molecule has 0 saturated carbocycles. The fraction of sp³-hybridized carbons (Fsp3) is 0.154. The van der Waals surface area contributed by atoms with Crippen LogP contribution in [0.25, 0.3) is 0 Å². The first kappa shape index (κ1) is 11.9. The Kier molecular flexibility index (Phi) is 3.64. The lowest BCUT2D eigenvalue weighted by Crippen LogP contribution is -2.18. The molecule has 88 valence electrons. The van der Waals surface area contributed by atoms with E-state index in [-0.39, 0.29) is 0 Å². The Bertz CT molecular complexity index is 496. The first-order chi connectivity index (χ1) is 8.16. The lowest BCUT2D eigenvalue weighted by Gasteiger charge is -2.20. The summed E-state index contributed by atoms with van der Waals surface area (Å²) in [5.41, 5.74) is 8.75. The monoisotopic (exact) mass is 291 g/mol. The normalized spacial score (nSPS) is 10.2. The number of rotatable bonds is 3. The molecule has 3 nitrogen and oxygen atoms in total. The highest BCUT2D eigenvalue weighted by atomic mass is 79.9. The van der Waals surface area contributed by atoms with Crippen molar-refractivity contribution in [1.82, 2.24) is 4.98 Å². The summed E-state index contributed by atoms with van der Waals surface area (Å²) < 4.78 is 0.989. The van der Waals surface area contributed by atoms with E-state index >= 15 is 0 Å². The van der Waals surface area contributed by atoms with Crippen molar-refractivity contribution in [3.05, 3.63) is 52.8 Å². The maximum atomic E-state index is 5.93. The van der Waals surface area contributed by atoms with Gasteiger partial charge in [0.15, 0.2) is 0 Å². The van der Waals surface area contributed by atoms with Crippen LogP contribution in [0.3, 0.4) is 0 Å². The molecule has 0 aliphatic carbocycles. The molecule has 0 aliphatic rings. The molecule has 1 heterocycles. The van der Waals surface area contributed by atoms with Crippen LogP contribution in [0, 0.1) is 0 Å². The van der Waals surface area contributed by atoms with Gasteiger partial charge < -0.3 is 10.6 Å². The number of nitrogens with zero attached hydrogens (tertiary/aromatic N) is 2. The van der Waals surface area contributed by atoms with Crippen molar-refractivity contribution in [3.63, 3.8) is 0 Å². The first-order valence-electron chi connectivity index (χ1n) is 5.33. The van der Waals surface area contributed by atoms with E-state index in [9.17, 15) is 0 Å². The van der Waals surface area contributed by atoms with Gasteiger partial charge in [0, 0.05) is 17.7 Å². The lowest BCUT2D eigenvalue weighted by molar-refractivity contribution is 0.885. The zero-order valence-electron chi connectivity index (χ0n) is 9.60. The van der Waals surface area contributed by atoms with Gasteiger partial charge in [-0.15, -0.1) is 0 Å². The quantitative estimate of drug-likeness (QED) is 0.884. The number of aromatic nitrogens is 1. The molecule has 2 N–H and O–H groups in total. The number of nitrogen functional groups attached to an aromatic ring is 1. The number of anilines is 2. The number of pyridine rings is 1. The van der Waals surface area contributed by atoms with Crippen molar-refractivity contribution in [2.45, 2.75) is 6.54 Å². The lowest BCUT2D eigenvalue weighted by atomic mass is 10.2. The van der Waals surface area contributed by atoms with Crippen LogP contribution in [-0.4, -0.2) is 12.0 Å². The second-order valence-electron chi connectivity index (χ2n) is 3.88. The van der Waals surface area contributed by atoms with E-state index in [2.05, 4.69) is 25.8 Å². The van der Waals surface area contributed by atoms with Crippen molar-refractivity contribution in [1.29, 1.82) is 0 Å². The van der Waals surface area contributed by atoms with Crippen LogP contribution in [0.4, 0.5) is 11.4 Å². The van der Waals surface area contributed by atoms with Gasteiger partial charge in [0.2, 0.25) is 0 Å². The fourth-order valence-corrected chi connectivity index (χ4v) is 1.90. The summed E-state index contributed by atoms with van der Waals surface area (Å²) in [4.78, 5) is 6.43. The van der Waals surface area contributed by atoms with Gasteiger partial charge in [0.05, 0.1) is 23.6 Å². The molecule has 17 heavy (non-hydrogen) atoms. The molecular formula is C13H14BrN3. The van der Waals surface area contributed by atoms with Crippen molar-refractivity contribution < 1.29 is 0 Å². The van der Waals surface area contributed by atoms with Crippen LogP contribution in [0.1, 0.15) is 5.69 Å². The Morgan fingerprint density at radius 1 is 1.24 bits per heavy atom. The van der Waals surface area contributed by atoms with Crippen molar-refractivity contribution in [2.75, 3.05) is 17.7 Å². The van der Waals surface area contributed by atoms with Crippen LogP contribution in [0.2, 0.25) is 0 Å². The molecule has 1 aromatic carbocycles. The highest BCUT2D eigenvalue weighted by Crippen LogP contribution is 2.22. The van der Waals surface area contributed by atoms with Crippen LogP contribution < -0.4 is 10.6 Å². The van der Waals surface area contributed by atoms with Crippen LogP contribution in [0.15, 0.2) is 47.1 Å². The Labute approximate surface area is 109 Å². The Balaban J connectivity index is 2.14. The molecule has 4 heteroatoms. The summed E-state index contributed by atoms with van der Waals surface area (Å²) in [5, 5.41) is 0. The van der Waals surface area contributed by atoms with Gasteiger partial charge >= 0.3 is 0 Å². The number of halogens is 1. The van der Waals surface area contributed by atoms with E-state index in [0.29, 0.717) is 0 Å². The SMILES string of the molecule is CN(Cc1ccc(Br)cn1)c1ccccc1N. The van der Waals surface area contributed by atoms with E-state index in [1.165, 1.54) is 0 Å². The zero-order valence-corrected chi connectivity index (χ0v) is 11.2. The number of hydrogen-bond donors (Lipinski definition) is 1. The van der Waals surface area contributed by atoms with E-state index in [0.717, 1.165) is 28.1 Å². The smallest absolute Gasteiger partial charge is 0.0600 e. The van der Waals surface area contributed by atoms with Crippen molar-refractivity contribution >= 4 is 27.3 Å². The van der Waals surface area contributed by atoms with E-state index in [1.807, 2.05) is 43.4 Å². The summed E-state index contributed by atoms with van der Waals surface area (Å²) in [6, 6.07) is 11.8. The van der Waals surface area contributed by atoms with Gasteiger partial charge in [-0.25, -0.2) is 0 Å². The summed E-state index contributed by atoms with van der Waals surface area (Å²) in [5.74, 6) is 0. The number of hydrogen-bond acceptors (Lipinski definition) is 3. The van der Waals surface area contributed by atoms with Crippen molar-refractivity contribution in [3.8, 4) is 0 Å². The second-order valence-corrected chi connectivity index (χ2v) is 4.80. The second kappa shape index (κ2) is 5.19. The van der Waals surface area contributed by atoms with Gasteiger partial charge in [-0.05, 0) is 40.2 Å². The minimum atomic E-state index is 0.738. The molecule has 0 fully saturated rings. The summed E-state index contributed by atoms with van der Waals surface area (Å²) in [6.45, 7) is 0.738. The third-order valence-corrected chi connectivity index (χ3v) is 3.00. The molecule has 1 aromatic heterocycles. The Hall–Kier alpha value is -1.55. The Morgan fingerprint density at radius 2 is 2.00 bits per heavy atom. The van der Waals surface area contributed by atoms with Crippen LogP contribution >= 0.6 is 15.9 Å². The largest absolute Gasteiger partial charge is 0.397 e. The average molecular weight is 292 g/mol. The van der Waals surface area contributed by atoms with Gasteiger partial charge in [-0.3, -0.25) is 4.98 Å². The molecule has 2 rings (SSSR count). The molecule has 0 atom stereocenters. The average Bonchev–Trinajstić information content (AvgIpc) is 2.32. The molecule has 0 aliphatic heterocycles. The molecule has 0 bridgehead atoms. The van der Waals surface area contributed by atoms with E-state index < -0.39 is 0 Å². The molecule has 0 saturated heterocycles. The van der Waals surface area contributed by atoms with Gasteiger partial charge in [0.25, 0.3) is 0 Å². The molecule has 0 unspecified atom stereocenters. The molecule has 0 amide bonds. The third-order valence-electron chi connectivity index (χ3n) is 2.54. The summed E-state index contributed by atoms with van der Waals surface area (Å²) >= 11 is 3.37. The fourth-order valence-electron chi connectivity index (χ4n) is 1.66. The number of benzene rings is 1. The molecular weight excluding hydrogens is 278 g/mol. The molecule has 0 radical (unpaired) electrons. The maximum Gasteiger partial charge on any atom is 0.0600 e. The standard InChI is InChI=1S/C13H14BrN3/c1-17(13-5-3-2-4-12(13)15)9-11-7-6-10(14)8-16-11/h2-8H,9,15H2,1H3. The van der Waals surface area contributed by atoms with Gasteiger partial charge in [-0.2, -0.15) is 0 Å². The van der Waals surface area contributed by atoms with Crippen molar-refractivity contribution in [2.24, 2.45) is 0 Å². The number of nitrogens with two attached hydrogens (primary N) is 1. The predicted octanol–water partition coefficient (Wildman–Crippen LogP) is 3.06. The summed E-state index contributed by atoms with van der Waals surface area (Å²) in [6.07, 6.45) is 1.80. The van der Waals surface area contributed by atoms with Gasteiger partial charge in [0.1, 0.15) is 0 Å². The van der Waals surface area contributed by atoms with E-state index in [4.69, 9.17) is 5.73 Å². The highest BCUT2D eigenvalue weighted by Gasteiger charge is 2.05. The Morgan fingerprint density at radius 3 is 2.65 bits per heavy atom. The minimum absolute atomic E-state index is 0.738. The van der Waals surface area contributed by atoms with Gasteiger partial charge in [-0.1, -0.05) is 12.1 Å². The first-order valence-corrected chi connectivity index (χ1v) is 6.12.